The molecule has 0 spiro atoms. The van der Waals surface area contributed by atoms with Crippen molar-refractivity contribution in [3.8, 4) is 0 Å². The standard InChI is InChI=1S/C28H51N3O4/c1-11-15-21(6)31-17-14-13-16-22(31)25(32)29-24(28(7,8)9)26(33)30(10)23(19(3)4)18-20(5)27(34)35-12-2/h18-19,21-24H,11-17H2,1-10H3,(H,29,32)/b20-18+/t21?,22?,23-,24?/m1/s1. The summed E-state index contributed by atoms with van der Waals surface area (Å²) in [5, 5.41) is 3.14. The van der Waals surface area contributed by atoms with Gasteiger partial charge >= 0.3 is 5.97 Å². The van der Waals surface area contributed by atoms with Crippen molar-refractivity contribution in [1.82, 2.24) is 15.1 Å². The lowest BCUT2D eigenvalue weighted by Gasteiger charge is -2.41. The molecule has 4 atom stereocenters. The Balaban J connectivity index is 3.16. The van der Waals surface area contributed by atoms with E-state index in [1.54, 1.807) is 31.9 Å². The van der Waals surface area contributed by atoms with E-state index in [-0.39, 0.29) is 35.8 Å². The van der Waals surface area contributed by atoms with Gasteiger partial charge in [0, 0.05) is 18.7 Å². The van der Waals surface area contributed by atoms with Gasteiger partial charge in [-0.05, 0) is 57.9 Å². The largest absolute Gasteiger partial charge is 0.463 e. The van der Waals surface area contributed by atoms with E-state index in [9.17, 15) is 14.4 Å². The van der Waals surface area contributed by atoms with Crippen molar-refractivity contribution >= 4 is 17.8 Å². The van der Waals surface area contributed by atoms with E-state index >= 15 is 0 Å². The minimum atomic E-state index is -0.678. The van der Waals surface area contributed by atoms with Crippen LogP contribution in [0.5, 0.6) is 0 Å². The number of likely N-dealkylation sites (tertiary alicyclic amines) is 1. The average Bonchev–Trinajstić information content (AvgIpc) is 2.79. The van der Waals surface area contributed by atoms with Gasteiger partial charge in [-0.1, -0.05) is 60.5 Å². The second-order valence-corrected chi connectivity index (χ2v) is 11.4. The summed E-state index contributed by atoms with van der Waals surface area (Å²) in [6.45, 7) is 19.0. The molecule has 0 aromatic carbocycles. The van der Waals surface area contributed by atoms with E-state index in [2.05, 4.69) is 24.1 Å². The fourth-order valence-electron chi connectivity index (χ4n) is 4.90. The molecule has 1 saturated heterocycles. The highest BCUT2D eigenvalue weighted by Crippen LogP contribution is 2.26. The second-order valence-electron chi connectivity index (χ2n) is 11.4. The first kappa shape index (κ1) is 31.1. The molecule has 1 rings (SSSR count). The van der Waals surface area contributed by atoms with Gasteiger partial charge in [-0.15, -0.1) is 0 Å². The zero-order chi connectivity index (χ0) is 26.9. The quantitative estimate of drug-likeness (QED) is 0.337. The SMILES string of the molecule is CCCC(C)N1CCCCC1C(=O)NC(C(=O)N(C)[C@H](/C=C(\C)C(=O)OCC)C(C)C)C(C)(C)C. The normalized spacial score (nSPS) is 20.2. The van der Waals surface area contributed by atoms with Crippen LogP contribution in [0, 0.1) is 11.3 Å². The monoisotopic (exact) mass is 493 g/mol. The molecule has 7 heteroatoms. The molecule has 0 bridgehead atoms. The second kappa shape index (κ2) is 14.0. The summed E-state index contributed by atoms with van der Waals surface area (Å²) >= 11 is 0. The molecular weight excluding hydrogens is 442 g/mol. The summed E-state index contributed by atoms with van der Waals surface area (Å²) in [5.41, 5.74) is 0.000973. The number of ether oxygens (including phenoxy) is 1. The molecule has 1 aliphatic rings. The van der Waals surface area contributed by atoms with Gasteiger partial charge in [-0.25, -0.2) is 4.79 Å². The molecule has 1 fully saturated rings. The number of esters is 1. The minimum absolute atomic E-state index is 0.0614. The Morgan fingerprint density at radius 2 is 1.77 bits per heavy atom. The van der Waals surface area contributed by atoms with E-state index in [1.807, 2.05) is 34.6 Å². The maximum Gasteiger partial charge on any atom is 0.333 e. The predicted molar refractivity (Wildman–Crippen MR) is 142 cm³/mol. The Morgan fingerprint density at radius 3 is 2.29 bits per heavy atom. The molecule has 0 aliphatic carbocycles. The zero-order valence-corrected chi connectivity index (χ0v) is 23.9. The van der Waals surface area contributed by atoms with Crippen molar-refractivity contribution in [3.63, 3.8) is 0 Å². The van der Waals surface area contributed by atoms with Crippen LogP contribution < -0.4 is 5.32 Å². The van der Waals surface area contributed by atoms with Crippen molar-refractivity contribution in [2.24, 2.45) is 11.3 Å². The molecule has 0 radical (unpaired) electrons. The Morgan fingerprint density at radius 1 is 1.14 bits per heavy atom. The van der Waals surface area contributed by atoms with Gasteiger partial charge in [0.2, 0.25) is 11.8 Å². The first-order valence-corrected chi connectivity index (χ1v) is 13.4. The van der Waals surface area contributed by atoms with Crippen molar-refractivity contribution in [1.29, 1.82) is 0 Å². The summed E-state index contributed by atoms with van der Waals surface area (Å²) in [6.07, 6.45) is 6.87. The zero-order valence-electron chi connectivity index (χ0n) is 23.9. The minimum Gasteiger partial charge on any atom is -0.463 e. The number of nitrogens with one attached hydrogen (secondary N) is 1. The lowest BCUT2D eigenvalue weighted by Crippen LogP contribution is -2.60. The Kier molecular flexibility index (Phi) is 12.5. The third-order valence-corrected chi connectivity index (χ3v) is 7.02. The highest BCUT2D eigenvalue weighted by atomic mass is 16.5. The molecule has 35 heavy (non-hydrogen) atoms. The number of carbonyl (C=O) groups excluding carboxylic acids is 3. The topological polar surface area (TPSA) is 79.0 Å². The van der Waals surface area contributed by atoms with Crippen molar-refractivity contribution in [2.75, 3.05) is 20.2 Å². The summed E-state index contributed by atoms with van der Waals surface area (Å²) in [6, 6.07) is -0.851. The smallest absolute Gasteiger partial charge is 0.333 e. The number of hydrogen-bond acceptors (Lipinski definition) is 5. The van der Waals surface area contributed by atoms with Gasteiger partial charge in [-0.3, -0.25) is 14.5 Å². The van der Waals surface area contributed by atoms with Crippen molar-refractivity contribution in [3.05, 3.63) is 11.6 Å². The lowest BCUT2D eigenvalue weighted by molar-refractivity contribution is -0.142. The number of carbonyl (C=O) groups is 3. The molecule has 0 aromatic rings. The van der Waals surface area contributed by atoms with Crippen LogP contribution in [-0.4, -0.2) is 72.0 Å². The maximum absolute atomic E-state index is 13.8. The number of likely N-dealkylation sites (N-methyl/N-ethyl adjacent to an activating group) is 1. The number of rotatable bonds is 11. The summed E-state index contributed by atoms with van der Waals surface area (Å²) in [4.78, 5) is 43.5. The molecule has 7 nitrogen and oxygen atoms in total. The first-order chi connectivity index (χ1) is 16.3. The van der Waals surface area contributed by atoms with Crippen LogP contribution >= 0.6 is 0 Å². The lowest BCUT2D eigenvalue weighted by atomic mass is 9.84. The highest BCUT2D eigenvalue weighted by molar-refractivity contribution is 5.91. The van der Waals surface area contributed by atoms with Crippen LogP contribution in [0.1, 0.15) is 94.4 Å². The van der Waals surface area contributed by atoms with E-state index in [1.165, 1.54) is 0 Å². The Bertz CT molecular complexity index is 741. The molecule has 3 unspecified atom stereocenters. The van der Waals surface area contributed by atoms with Crippen LogP contribution in [-0.2, 0) is 19.1 Å². The summed E-state index contributed by atoms with van der Waals surface area (Å²) < 4.78 is 5.12. The van der Waals surface area contributed by atoms with Gasteiger partial charge in [0.05, 0.1) is 18.7 Å². The summed E-state index contributed by atoms with van der Waals surface area (Å²) in [5.74, 6) is -0.512. The van der Waals surface area contributed by atoms with E-state index < -0.39 is 11.5 Å². The average molecular weight is 494 g/mol. The first-order valence-electron chi connectivity index (χ1n) is 13.4. The maximum atomic E-state index is 13.8. The molecular formula is C28H51N3O4. The molecule has 1 aliphatic heterocycles. The predicted octanol–water partition coefficient (Wildman–Crippen LogP) is 4.55. The van der Waals surface area contributed by atoms with Crippen molar-refractivity contribution in [2.45, 2.75) is 119 Å². The van der Waals surface area contributed by atoms with E-state index in [0.29, 0.717) is 18.2 Å². The van der Waals surface area contributed by atoms with E-state index in [0.717, 1.165) is 38.6 Å². The number of nitrogens with zero attached hydrogens (tertiary/aromatic N) is 2. The Hall–Kier alpha value is -1.89. The third kappa shape index (κ3) is 8.93. The Labute approximate surface area is 214 Å². The van der Waals surface area contributed by atoms with Crippen molar-refractivity contribution < 1.29 is 19.1 Å². The fraction of sp³-hybridized carbons (Fsp3) is 0.821. The highest BCUT2D eigenvalue weighted by Gasteiger charge is 2.40. The number of hydrogen-bond donors (Lipinski definition) is 1. The molecule has 0 saturated carbocycles. The summed E-state index contributed by atoms with van der Waals surface area (Å²) in [7, 11) is 1.75. The van der Waals surface area contributed by atoms with Crippen LogP contribution in [0.3, 0.4) is 0 Å². The van der Waals surface area contributed by atoms with Gasteiger partial charge in [0.25, 0.3) is 0 Å². The van der Waals surface area contributed by atoms with Gasteiger partial charge < -0.3 is 15.0 Å². The van der Waals surface area contributed by atoms with Gasteiger partial charge in [0.15, 0.2) is 0 Å². The molecule has 1 heterocycles. The van der Waals surface area contributed by atoms with Crippen LogP contribution in [0.4, 0.5) is 0 Å². The molecule has 202 valence electrons. The molecule has 2 amide bonds. The third-order valence-electron chi connectivity index (χ3n) is 7.02. The van der Waals surface area contributed by atoms with Gasteiger partial charge in [-0.2, -0.15) is 0 Å². The van der Waals surface area contributed by atoms with Crippen LogP contribution in [0.15, 0.2) is 11.6 Å². The van der Waals surface area contributed by atoms with Gasteiger partial charge in [0.1, 0.15) is 6.04 Å². The molecule has 1 N–H and O–H groups in total. The van der Waals surface area contributed by atoms with E-state index in [4.69, 9.17) is 4.74 Å². The van der Waals surface area contributed by atoms with Crippen LogP contribution in [0.2, 0.25) is 0 Å². The molecule has 0 aromatic heterocycles. The number of piperidine rings is 1. The van der Waals surface area contributed by atoms with Crippen LogP contribution in [0.25, 0.3) is 0 Å². The number of amides is 2. The fourth-order valence-corrected chi connectivity index (χ4v) is 4.90.